The molecule has 5 heteroatoms. The number of nitrogens with zero attached hydrogens (tertiary/aromatic N) is 1. The molecular formula is C16H17NO4. The number of benzene rings is 1. The van der Waals surface area contributed by atoms with Crippen LogP contribution in [0.3, 0.4) is 0 Å². The second-order valence-electron chi connectivity index (χ2n) is 6.36. The summed E-state index contributed by atoms with van der Waals surface area (Å²) in [4.78, 5) is 2.40. The molecule has 1 aliphatic carbocycles. The molecule has 0 saturated carbocycles. The minimum atomic E-state index is -0.741. The fraction of sp³-hybridized carbons (Fsp3) is 0.500. The number of fused-ring (bicyclic) bond motifs is 8. The van der Waals surface area contributed by atoms with Gasteiger partial charge in [-0.25, -0.2) is 0 Å². The smallest absolute Gasteiger partial charge is 0.231 e. The summed E-state index contributed by atoms with van der Waals surface area (Å²) in [5.41, 5.74) is 3.81. The van der Waals surface area contributed by atoms with E-state index in [1.165, 1.54) is 16.7 Å². The first kappa shape index (κ1) is 12.0. The van der Waals surface area contributed by atoms with Gasteiger partial charge in [-0.1, -0.05) is 6.08 Å². The lowest BCUT2D eigenvalue weighted by Gasteiger charge is -2.31. The van der Waals surface area contributed by atoms with Gasteiger partial charge in [0.2, 0.25) is 6.79 Å². The number of hydrogen-bond donors (Lipinski definition) is 2. The third-order valence-electron chi connectivity index (χ3n) is 5.25. The molecule has 5 atom stereocenters. The van der Waals surface area contributed by atoms with Gasteiger partial charge in [-0.15, -0.1) is 0 Å². The Morgan fingerprint density at radius 1 is 1.14 bits per heavy atom. The zero-order valence-corrected chi connectivity index (χ0v) is 11.5. The SMILES string of the molecule is O[C@@H]1C[C@@H]2C(=C[C@@H]1O)[C@H]1CN2Cc2cc3c(cc21)OCO3. The number of aliphatic hydroxyl groups excluding tert-OH is 2. The second-order valence-corrected chi connectivity index (χ2v) is 6.36. The van der Waals surface area contributed by atoms with Crippen molar-refractivity contribution >= 4 is 0 Å². The van der Waals surface area contributed by atoms with E-state index in [1.807, 2.05) is 6.08 Å². The van der Waals surface area contributed by atoms with E-state index >= 15 is 0 Å². The van der Waals surface area contributed by atoms with Crippen molar-refractivity contribution in [1.29, 1.82) is 0 Å². The van der Waals surface area contributed by atoms with Crippen LogP contribution in [0.4, 0.5) is 0 Å². The molecule has 1 fully saturated rings. The Hall–Kier alpha value is -1.56. The van der Waals surface area contributed by atoms with E-state index in [9.17, 15) is 10.2 Å². The summed E-state index contributed by atoms with van der Waals surface area (Å²) < 4.78 is 11.0. The second kappa shape index (κ2) is 4.00. The Labute approximate surface area is 122 Å². The first-order valence-electron chi connectivity index (χ1n) is 7.45. The third kappa shape index (κ3) is 1.56. The highest BCUT2D eigenvalue weighted by Crippen LogP contribution is 2.49. The highest BCUT2D eigenvalue weighted by atomic mass is 16.7. The molecule has 0 amide bonds. The molecule has 1 saturated heterocycles. The highest BCUT2D eigenvalue weighted by molar-refractivity contribution is 5.54. The van der Waals surface area contributed by atoms with E-state index in [4.69, 9.17) is 9.47 Å². The Balaban J connectivity index is 1.63. The summed E-state index contributed by atoms with van der Waals surface area (Å²) in [5.74, 6) is 1.95. The summed E-state index contributed by atoms with van der Waals surface area (Å²) in [6, 6.07) is 4.43. The molecule has 5 nitrogen and oxygen atoms in total. The highest BCUT2D eigenvalue weighted by Gasteiger charge is 2.46. The summed E-state index contributed by atoms with van der Waals surface area (Å²) in [7, 11) is 0. The van der Waals surface area contributed by atoms with Crippen LogP contribution in [0.25, 0.3) is 0 Å². The van der Waals surface area contributed by atoms with Crippen LogP contribution in [0.15, 0.2) is 23.8 Å². The predicted molar refractivity (Wildman–Crippen MR) is 74.2 cm³/mol. The van der Waals surface area contributed by atoms with Gasteiger partial charge in [0.05, 0.1) is 12.2 Å². The molecular weight excluding hydrogens is 270 g/mol. The topological polar surface area (TPSA) is 62.2 Å². The van der Waals surface area contributed by atoms with Crippen molar-refractivity contribution in [1.82, 2.24) is 4.90 Å². The van der Waals surface area contributed by atoms with Gasteiger partial charge < -0.3 is 19.7 Å². The van der Waals surface area contributed by atoms with Crippen LogP contribution in [-0.2, 0) is 6.54 Å². The lowest BCUT2D eigenvalue weighted by molar-refractivity contribution is 0.0208. The van der Waals surface area contributed by atoms with Crippen LogP contribution in [0, 0.1) is 0 Å². The molecule has 1 aromatic carbocycles. The van der Waals surface area contributed by atoms with Gasteiger partial charge in [0, 0.05) is 25.0 Å². The zero-order chi connectivity index (χ0) is 14.1. The molecule has 1 aromatic rings. The largest absolute Gasteiger partial charge is 0.454 e. The van der Waals surface area contributed by atoms with E-state index in [1.54, 1.807) is 0 Å². The molecule has 3 aliphatic heterocycles. The Kier molecular flexibility index (Phi) is 2.29. The Morgan fingerprint density at radius 2 is 1.95 bits per heavy atom. The summed E-state index contributed by atoms with van der Waals surface area (Å²) in [6.45, 7) is 2.12. The van der Waals surface area contributed by atoms with Gasteiger partial charge in [-0.05, 0) is 35.3 Å². The lowest BCUT2D eigenvalue weighted by Crippen LogP contribution is -2.39. The standard InChI is InChI=1S/C16H17NO4/c18-13-2-10-11-6-17(12(10)4-14(13)19)5-8-1-15-16(3-9(8)11)21-7-20-15/h1-3,11-14,18-19H,4-7H2/t11-,12+,13-,14+/m0/s1. The predicted octanol–water partition coefficient (Wildman–Crippen LogP) is 0.749. The van der Waals surface area contributed by atoms with Crippen molar-refractivity contribution in [2.24, 2.45) is 0 Å². The normalized spacial score (nSPS) is 38.8. The van der Waals surface area contributed by atoms with Crippen molar-refractivity contribution in [3.05, 3.63) is 34.9 Å². The number of aliphatic hydroxyl groups is 2. The van der Waals surface area contributed by atoms with E-state index in [-0.39, 0.29) is 6.04 Å². The number of hydrogen-bond acceptors (Lipinski definition) is 5. The van der Waals surface area contributed by atoms with E-state index in [0.29, 0.717) is 19.1 Å². The van der Waals surface area contributed by atoms with Crippen LogP contribution >= 0.6 is 0 Å². The molecule has 0 aromatic heterocycles. The minimum Gasteiger partial charge on any atom is -0.454 e. The van der Waals surface area contributed by atoms with Gasteiger partial charge in [0.25, 0.3) is 0 Å². The van der Waals surface area contributed by atoms with Crippen molar-refractivity contribution in [2.45, 2.75) is 37.1 Å². The summed E-state index contributed by atoms with van der Waals surface area (Å²) in [5, 5.41) is 19.9. The molecule has 21 heavy (non-hydrogen) atoms. The average Bonchev–Trinajstić information content (AvgIpc) is 3.03. The summed E-state index contributed by atoms with van der Waals surface area (Å²) >= 11 is 0. The first-order valence-corrected chi connectivity index (χ1v) is 7.45. The van der Waals surface area contributed by atoms with Gasteiger partial charge in [0.15, 0.2) is 11.5 Å². The first-order chi connectivity index (χ1) is 10.2. The molecule has 4 aliphatic rings. The van der Waals surface area contributed by atoms with E-state index in [2.05, 4.69) is 17.0 Å². The minimum absolute atomic E-state index is 0.248. The maximum Gasteiger partial charge on any atom is 0.231 e. The maximum atomic E-state index is 9.96. The molecule has 3 heterocycles. The van der Waals surface area contributed by atoms with Crippen molar-refractivity contribution in [2.75, 3.05) is 13.3 Å². The molecule has 110 valence electrons. The van der Waals surface area contributed by atoms with E-state index in [0.717, 1.165) is 24.6 Å². The fourth-order valence-electron chi connectivity index (χ4n) is 4.23. The quantitative estimate of drug-likeness (QED) is 0.690. The molecule has 2 N–H and O–H groups in total. The van der Waals surface area contributed by atoms with E-state index < -0.39 is 12.2 Å². The zero-order valence-electron chi connectivity index (χ0n) is 11.5. The molecule has 0 spiro atoms. The van der Waals surface area contributed by atoms with Crippen LogP contribution in [0.2, 0.25) is 0 Å². The van der Waals surface area contributed by atoms with Crippen LogP contribution in [0.5, 0.6) is 11.5 Å². The Bertz CT molecular complexity index is 656. The van der Waals surface area contributed by atoms with Crippen LogP contribution < -0.4 is 9.47 Å². The fourth-order valence-corrected chi connectivity index (χ4v) is 4.23. The average molecular weight is 287 g/mol. The van der Waals surface area contributed by atoms with Crippen LogP contribution in [-0.4, -0.2) is 46.7 Å². The maximum absolute atomic E-state index is 9.96. The van der Waals surface area contributed by atoms with Crippen molar-refractivity contribution in [3.8, 4) is 11.5 Å². The van der Waals surface area contributed by atoms with Crippen LogP contribution in [0.1, 0.15) is 23.5 Å². The number of ether oxygens (including phenoxy) is 2. The molecule has 1 unspecified atom stereocenters. The summed E-state index contributed by atoms with van der Waals surface area (Å²) in [6.07, 6.45) is 1.08. The van der Waals surface area contributed by atoms with Crippen molar-refractivity contribution < 1.29 is 19.7 Å². The molecule has 2 bridgehead atoms. The van der Waals surface area contributed by atoms with Crippen molar-refractivity contribution in [3.63, 3.8) is 0 Å². The molecule has 0 radical (unpaired) electrons. The number of rotatable bonds is 0. The van der Waals surface area contributed by atoms with Gasteiger partial charge in [-0.2, -0.15) is 0 Å². The van der Waals surface area contributed by atoms with Gasteiger partial charge >= 0.3 is 0 Å². The van der Waals surface area contributed by atoms with Gasteiger partial charge in [-0.3, -0.25) is 4.90 Å². The van der Waals surface area contributed by atoms with Gasteiger partial charge in [0.1, 0.15) is 0 Å². The Morgan fingerprint density at radius 3 is 2.81 bits per heavy atom. The monoisotopic (exact) mass is 287 g/mol. The lowest BCUT2D eigenvalue weighted by atomic mass is 9.82. The third-order valence-corrected chi connectivity index (χ3v) is 5.25. The molecule has 5 rings (SSSR count).